The molecule has 1 saturated heterocycles. The summed E-state index contributed by atoms with van der Waals surface area (Å²) in [5.41, 5.74) is 0.408. The van der Waals surface area contributed by atoms with E-state index in [1.165, 1.54) is 25.7 Å². The van der Waals surface area contributed by atoms with Crippen LogP contribution in [0.4, 0.5) is 0 Å². The lowest BCUT2D eigenvalue weighted by Crippen LogP contribution is -2.55. The van der Waals surface area contributed by atoms with Crippen LogP contribution in [0, 0.1) is 5.41 Å². The van der Waals surface area contributed by atoms with Gasteiger partial charge in [-0.25, -0.2) is 0 Å². The molecule has 1 aliphatic heterocycles. The first-order chi connectivity index (χ1) is 7.89. The van der Waals surface area contributed by atoms with Crippen LogP contribution in [-0.2, 0) is 9.47 Å². The minimum atomic E-state index is -0.403. The summed E-state index contributed by atoms with van der Waals surface area (Å²) in [6.07, 6.45) is 5.33. The largest absolute Gasteiger partial charge is 0.349 e. The lowest BCUT2D eigenvalue weighted by Gasteiger charge is -2.43. The topological polar surface area (TPSA) is 30.5 Å². The molecule has 0 aromatic carbocycles. The zero-order chi connectivity index (χ0) is 12.5. The first-order valence-corrected chi connectivity index (χ1v) is 6.93. The summed E-state index contributed by atoms with van der Waals surface area (Å²) >= 11 is 0. The van der Waals surface area contributed by atoms with Crippen molar-refractivity contribution in [3.63, 3.8) is 0 Å². The molecule has 3 nitrogen and oxygen atoms in total. The van der Waals surface area contributed by atoms with Crippen LogP contribution in [0.2, 0.25) is 0 Å². The second-order valence-electron chi connectivity index (χ2n) is 6.67. The Labute approximate surface area is 105 Å². The molecule has 2 rings (SSSR count). The maximum atomic E-state index is 5.70. The Morgan fingerprint density at radius 2 is 1.65 bits per heavy atom. The average Bonchev–Trinajstić information content (AvgIpc) is 2.24. The molecule has 0 aromatic heterocycles. The van der Waals surface area contributed by atoms with Gasteiger partial charge in [0.1, 0.15) is 0 Å². The second-order valence-corrected chi connectivity index (χ2v) is 6.67. The first kappa shape index (κ1) is 13.3. The van der Waals surface area contributed by atoms with E-state index in [1.54, 1.807) is 0 Å². The molecule has 1 N–H and O–H groups in total. The highest BCUT2D eigenvalue weighted by Crippen LogP contribution is 2.35. The molecule has 0 amide bonds. The van der Waals surface area contributed by atoms with E-state index in [0.29, 0.717) is 17.5 Å². The summed E-state index contributed by atoms with van der Waals surface area (Å²) < 4.78 is 11.4. The van der Waals surface area contributed by atoms with Crippen LogP contribution in [0.3, 0.4) is 0 Å². The van der Waals surface area contributed by atoms with Gasteiger partial charge in [-0.2, -0.15) is 0 Å². The molecule has 17 heavy (non-hydrogen) atoms. The number of hydrogen-bond acceptors (Lipinski definition) is 3. The quantitative estimate of drug-likeness (QED) is 0.806. The van der Waals surface area contributed by atoms with Gasteiger partial charge in [0.2, 0.25) is 0 Å². The van der Waals surface area contributed by atoms with Crippen LogP contribution in [0.15, 0.2) is 0 Å². The van der Waals surface area contributed by atoms with E-state index in [2.05, 4.69) is 19.2 Å². The molecule has 2 aliphatic rings. The van der Waals surface area contributed by atoms with E-state index >= 15 is 0 Å². The molecule has 1 saturated carbocycles. The predicted octanol–water partition coefficient (Wildman–Crippen LogP) is 2.70. The van der Waals surface area contributed by atoms with Crippen LogP contribution in [0.5, 0.6) is 0 Å². The van der Waals surface area contributed by atoms with Crippen molar-refractivity contribution in [2.24, 2.45) is 5.41 Å². The Hall–Kier alpha value is -0.120. The van der Waals surface area contributed by atoms with Gasteiger partial charge in [-0.05, 0) is 32.1 Å². The number of nitrogens with one attached hydrogen (secondary N) is 1. The van der Waals surface area contributed by atoms with Crippen molar-refractivity contribution in [3.8, 4) is 0 Å². The van der Waals surface area contributed by atoms with Crippen LogP contribution in [-0.4, -0.2) is 31.1 Å². The van der Waals surface area contributed by atoms with Crippen molar-refractivity contribution in [3.05, 3.63) is 0 Å². The third-order valence-electron chi connectivity index (χ3n) is 4.21. The third-order valence-corrected chi connectivity index (χ3v) is 4.21. The minimum Gasteiger partial charge on any atom is -0.349 e. The van der Waals surface area contributed by atoms with Crippen LogP contribution in [0.1, 0.15) is 53.4 Å². The van der Waals surface area contributed by atoms with Crippen LogP contribution >= 0.6 is 0 Å². The Kier molecular flexibility index (Phi) is 3.81. The van der Waals surface area contributed by atoms with Crippen molar-refractivity contribution >= 4 is 0 Å². The van der Waals surface area contributed by atoms with Gasteiger partial charge in [-0.1, -0.05) is 26.7 Å². The zero-order valence-corrected chi connectivity index (χ0v) is 11.7. The maximum Gasteiger partial charge on any atom is 0.162 e. The Morgan fingerprint density at radius 3 is 2.24 bits per heavy atom. The van der Waals surface area contributed by atoms with Gasteiger partial charge in [0.25, 0.3) is 0 Å². The Morgan fingerprint density at radius 1 is 1.00 bits per heavy atom. The van der Waals surface area contributed by atoms with Gasteiger partial charge in [0, 0.05) is 6.04 Å². The minimum absolute atomic E-state index is 0.352. The average molecular weight is 241 g/mol. The first-order valence-electron chi connectivity index (χ1n) is 6.93. The van der Waals surface area contributed by atoms with Crippen molar-refractivity contribution in [1.29, 1.82) is 0 Å². The van der Waals surface area contributed by atoms with E-state index < -0.39 is 5.79 Å². The zero-order valence-electron chi connectivity index (χ0n) is 11.7. The monoisotopic (exact) mass is 241 g/mol. The van der Waals surface area contributed by atoms with E-state index in [4.69, 9.17) is 9.47 Å². The molecule has 0 radical (unpaired) electrons. The normalized spacial score (nSPS) is 33.5. The fraction of sp³-hybridized carbons (Fsp3) is 1.00. The SMILES string of the molecule is CC1(C)OCC(NC2CCCCC2(C)C)CO1. The maximum absolute atomic E-state index is 5.70. The molecule has 0 bridgehead atoms. The Bertz CT molecular complexity index is 253. The third kappa shape index (κ3) is 3.43. The van der Waals surface area contributed by atoms with Gasteiger partial charge < -0.3 is 14.8 Å². The number of ether oxygens (including phenoxy) is 2. The molecular formula is C14H27NO2. The number of rotatable bonds is 2. The molecule has 1 heterocycles. The summed E-state index contributed by atoms with van der Waals surface area (Å²) in [6.45, 7) is 10.2. The summed E-state index contributed by atoms with van der Waals surface area (Å²) in [7, 11) is 0. The lowest BCUT2D eigenvalue weighted by atomic mass is 9.73. The van der Waals surface area contributed by atoms with Gasteiger partial charge in [-0.15, -0.1) is 0 Å². The molecule has 0 spiro atoms. The molecule has 3 heteroatoms. The summed E-state index contributed by atoms with van der Waals surface area (Å²) in [5.74, 6) is -0.403. The highest BCUT2D eigenvalue weighted by Gasteiger charge is 2.35. The molecule has 100 valence electrons. The Balaban J connectivity index is 1.85. The summed E-state index contributed by atoms with van der Waals surface area (Å²) in [4.78, 5) is 0. The second kappa shape index (κ2) is 4.87. The smallest absolute Gasteiger partial charge is 0.162 e. The van der Waals surface area contributed by atoms with Gasteiger partial charge in [-0.3, -0.25) is 0 Å². The van der Waals surface area contributed by atoms with Crippen molar-refractivity contribution in [2.75, 3.05) is 13.2 Å². The van der Waals surface area contributed by atoms with Gasteiger partial charge >= 0.3 is 0 Å². The summed E-state index contributed by atoms with van der Waals surface area (Å²) in [6, 6.07) is 0.958. The van der Waals surface area contributed by atoms with E-state index in [-0.39, 0.29) is 0 Å². The predicted molar refractivity (Wildman–Crippen MR) is 68.9 cm³/mol. The fourth-order valence-electron chi connectivity index (χ4n) is 2.88. The fourth-order valence-corrected chi connectivity index (χ4v) is 2.88. The lowest BCUT2D eigenvalue weighted by molar-refractivity contribution is -0.254. The van der Waals surface area contributed by atoms with Gasteiger partial charge in [0.15, 0.2) is 5.79 Å². The van der Waals surface area contributed by atoms with E-state index in [9.17, 15) is 0 Å². The van der Waals surface area contributed by atoms with Crippen molar-refractivity contribution in [1.82, 2.24) is 5.32 Å². The van der Waals surface area contributed by atoms with E-state index in [0.717, 1.165) is 13.2 Å². The molecule has 1 unspecified atom stereocenters. The molecule has 1 aliphatic carbocycles. The molecule has 0 aromatic rings. The van der Waals surface area contributed by atoms with Gasteiger partial charge in [0.05, 0.1) is 19.3 Å². The molecule has 2 fully saturated rings. The van der Waals surface area contributed by atoms with Crippen molar-refractivity contribution < 1.29 is 9.47 Å². The highest BCUT2D eigenvalue weighted by molar-refractivity contribution is 4.90. The van der Waals surface area contributed by atoms with Crippen molar-refractivity contribution in [2.45, 2.75) is 71.2 Å². The standard InChI is InChI=1S/C14H27NO2/c1-13(2)8-6-5-7-12(13)15-11-9-16-14(3,4)17-10-11/h11-12,15H,5-10H2,1-4H3. The molecular weight excluding hydrogens is 214 g/mol. The number of hydrogen-bond donors (Lipinski definition) is 1. The van der Waals surface area contributed by atoms with Crippen LogP contribution < -0.4 is 5.32 Å². The van der Waals surface area contributed by atoms with E-state index in [1.807, 2.05) is 13.8 Å². The highest BCUT2D eigenvalue weighted by atomic mass is 16.7. The summed E-state index contributed by atoms with van der Waals surface area (Å²) in [5, 5.41) is 3.74. The van der Waals surface area contributed by atoms with Crippen LogP contribution in [0.25, 0.3) is 0 Å². The molecule has 1 atom stereocenters.